The van der Waals surface area contributed by atoms with Gasteiger partial charge < -0.3 is 10.2 Å². The van der Waals surface area contributed by atoms with Gasteiger partial charge in [0, 0.05) is 45.5 Å². The Balaban J connectivity index is 1.39. The summed E-state index contributed by atoms with van der Waals surface area (Å²) < 4.78 is 0. The second kappa shape index (κ2) is 11.1. The molecule has 37 heavy (non-hydrogen) atoms. The van der Waals surface area contributed by atoms with Gasteiger partial charge in [-0.05, 0) is 71.1 Å². The van der Waals surface area contributed by atoms with Crippen LogP contribution in [-0.2, 0) is 14.4 Å². The van der Waals surface area contributed by atoms with Crippen LogP contribution in [0.15, 0.2) is 58.3 Å². The number of nitrogens with one attached hydrogen (secondary N) is 1. The molecular weight excluding hydrogens is 512 g/mol. The van der Waals surface area contributed by atoms with E-state index in [4.69, 9.17) is 0 Å². The lowest BCUT2D eigenvalue weighted by atomic mass is 10.2. The summed E-state index contributed by atoms with van der Waals surface area (Å²) in [5, 5.41) is 1.76. The molecule has 190 valence electrons. The predicted octanol–water partition coefficient (Wildman–Crippen LogP) is 4.48. The lowest BCUT2D eigenvalue weighted by Gasteiger charge is -2.17. The normalized spacial score (nSPS) is 17.9. The summed E-state index contributed by atoms with van der Waals surface area (Å²) in [6.45, 7) is 1.23. The number of thioether (sulfide) groups is 2. The van der Waals surface area contributed by atoms with Gasteiger partial charge in [0.25, 0.3) is 22.3 Å². The zero-order chi connectivity index (χ0) is 26.7. The van der Waals surface area contributed by atoms with Crippen molar-refractivity contribution in [2.45, 2.75) is 6.92 Å². The number of nitrogens with zero attached hydrogens (tertiary/aromatic N) is 3. The average molecular weight is 537 g/mol. The fraction of sp³-hybridized carbons (Fsp3) is 0.192. The van der Waals surface area contributed by atoms with Crippen molar-refractivity contribution >= 4 is 75.3 Å². The molecule has 2 aromatic rings. The number of amides is 5. The smallest absolute Gasteiger partial charge is 0.293 e. The minimum atomic E-state index is -0.482. The van der Waals surface area contributed by atoms with E-state index in [-0.39, 0.29) is 23.9 Å². The van der Waals surface area contributed by atoms with Crippen molar-refractivity contribution in [3.8, 4) is 0 Å². The van der Waals surface area contributed by atoms with Crippen molar-refractivity contribution < 1.29 is 24.0 Å². The Morgan fingerprint density at radius 1 is 0.784 bits per heavy atom. The topological polar surface area (TPSA) is 107 Å². The first-order valence-corrected chi connectivity index (χ1v) is 12.9. The van der Waals surface area contributed by atoms with Crippen molar-refractivity contribution in [3.05, 3.63) is 69.5 Å². The summed E-state index contributed by atoms with van der Waals surface area (Å²) in [6, 6.07) is 14.4. The lowest BCUT2D eigenvalue weighted by Crippen LogP contribution is -2.39. The molecule has 2 heterocycles. The second-order valence-corrected chi connectivity index (χ2v) is 10.4. The number of hydrogen-bond acceptors (Lipinski definition) is 8. The van der Waals surface area contributed by atoms with Crippen molar-refractivity contribution in [3.63, 3.8) is 0 Å². The number of hydrogen-bond donors (Lipinski definition) is 1. The molecule has 0 unspecified atom stereocenters. The van der Waals surface area contributed by atoms with Crippen LogP contribution in [0.3, 0.4) is 0 Å². The van der Waals surface area contributed by atoms with Crippen LogP contribution in [0, 0.1) is 0 Å². The molecule has 5 amide bonds. The van der Waals surface area contributed by atoms with Crippen molar-refractivity contribution in [2.75, 3.05) is 37.4 Å². The van der Waals surface area contributed by atoms with Gasteiger partial charge in [-0.3, -0.25) is 33.8 Å². The Bertz CT molecular complexity index is 1330. The third kappa shape index (κ3) is 6.12. The Morgan fingerprint density at radius 3 is 1.62 bits per heavy atom. The van der Waals surface area contributed by atoms with E-state index < -0.39 is 22.3 Å². The third-order valence-electron chi connectivity index (χ3n) is 5.53. The van der Waals surface area contributed by atoms with Crippen molar-refractivity contribution in [2.24, 2.45) is 0 Å². The second-order valence-electron chi connectivity index (χ2n) is 8.46. The quantitative estimate of drug-likeness (QED) is 0.516. The fourth-order valence-electron chi connectivity index (χ4n) is 3.62. The Morgan fingerprint density at radius 2 is 1.22 bits per heavy atom. The summed E-state index contributed by atoms with van der Waals surface area (Å²) in [7, 11) is 3.86. The van der Waals surface area contributed by atoms with Crippen LogP contribution in [0.4, 0.5) is 21.0 Å². The van der Waals surface area contributed by atoms with E-state index in [0.717, 1.165) is 44.6 Å². The molecular formula is C26H24N4O5S2. The summed E-state index contributed by atoms with van der Waals surface area (Å²) >= 11 is 1.64. The Labute approximate surface area is 222 Å². The molecule has 2 saturated heterocycles. The molecule has 9 nitrogen and oxygen atoms in total. The minimum Gasteiger partial charge on any atom is -0.378 e. The van der Waals surface area contributed by atoms with Crippen LogP contribution < -0.4 is 10.2 Å². The standard InChI is InChI=1S/C26H24N4O5S2/c1-16(31)27-19-8-4-17(5-9-19)14-21-23(32)29(25(34)36-21)12-13-30-24(33)22(37-26(30)35)15-18-6-10-20(11-7-18)28(2)3/h4-11,14-15H,12-13H2,1-3H3,(H,27,31)/b21-14+,22-15+. The third-order valence-corrected chi connectivity index (χ3v) is 7.35. The molecule has 4 rings (SSSR count). The average Bonchev–Trinajstić information content (AvgIpc) is 3.27. The van der Waals surface area contributed by atoms with E-state index in [9.17, 15) is 24.0 Å². The number of imide groups is 2. The molecule has 0 aliphatic carbocycles. The van der Waals surface area contributed by atoms with Crippen molar-refractivity contribution in [1.29, 1.82) is 0 Å². The van der Waals surface area contributed by atoms with Crippen LogP contribution in [-0.4, -0.2) is 65.2 Å². The van der Waals surface area contributed by atoms with E-state index >= 15 is 0 Å². The van der Waals surface area contributed by atoms with E-state index in [1.165, 1.54) is 6.92 Å². The van der Waals surface area contributed by atoms with Gasteiger partial charge in [0.2, 0.25) is 5.91 Å². The van der Waals surface area contributed by atoms with Crippen molar-refractivity contribution in [1.82, 2.24) is 9.80 Å². The highest BCUT2D eigenvalue weighted by Gasteiger charge is 2.39. The molecule has 2 aliphatic heterocycles. The van der Waals surface area contributed by atoms with Crippen LogP contribution in [0.2, 0.25) is 0 Å². The first-order chi connectivity index (χ1) is 17.6. The number of carbonyl (C=O) groups excluding carboxylic acids is 5. The van der Waals surface area contributed by atoms with E-state index in [1.807, 2.05) is 43.3 Å². The zero-order valence-electron chi connectivity index (χ0n) is 20.4. The maximum Gasteiger partial charge on any atom is 0.293 e. The molecule has 0 atom stereocenters. The van der Waals surface area contributed by atoms with Crippen LogP contribution in [0.1, 0.15) is 18.1 Å². The summed E-state index contributed by atoms with van der Waals surface area (Å²) in [5.74, 6) is -1.12. The summed E-state index contributed by atoms with van der Waals surface area (Å²) in [5.41, 5.74) is 3.11. The molecule has 0 radical (unpaired) electrons. The highest BCUT2D eigenvalue weighted by atomic mass is 32.2. The minimum absolute atomic E-state index is 0.0850. The molecule has 2 aliphatic rings. The number of carbonyl (C=O) groups is 5. The SMILES string of the molecule is CC(=O)Nc1ccc(/C=C2/SC(=O)N(CCN3C(=O)S/C(=C/c4ccc(N(C)C)cc4)C3=O)C2=O)cc1. The zero-order valence-corrected chi connectivity index (χ0v) is 22.0. The highest BCUT2D eigenvalue weighted by Crippen LogP contribution is 2.34. The van der Waals surface area contributed by atoms with Gasteiger partial charge in [-0.25, -0.2) is 0 Å². The monoisotopic (exact) mass is 536 g/mol. The van der Waals surface area contributed by atoms with Gasteiger partial charge in [0.15, 0.2) is 0 Å². The van der Waals surface area contributed by atoms with Gasteiger partial charge in [-0.2, -0.15) is 0 Å². The first-order valence-electron chi connectivity index (χ1n) is 11.3. The van der Waals surface area contributed by atoms with Crippen LogP contribution in [0.25, 0.3) is 12.2 Å². The molecule has 0 aromatic heterocycles. The first kappa shape index (κ1) is 26.2. The molecule has 2 fully saturated rings. The van der Waals surface area contributed by atoms with Gasteiger partial charge in [0.1, 0.15) is 0 Å². The van der Waals surface area contributed by atoms with E-state index in [1.54, 1.807) is 36.4 Å². The fourth-order valence-corrected chi connectivity index (χ4v) is 5.35. The van der Waals surface area contributed by atoms with Gasteiger partial charge in [0.05, 0.1) is 9.81 Å². The maximum atomic E-state index is 12.8. The van der Waals surface area contributed by atoms with Gasteiger partial charge in [-0.15, -0.1) is 0 Å². The number of rotatable bonds is 7. The number of anilines is 2. The number of benzene rings is 2. The Hall–Kier alpha value is -3.83. The highest BCUT2D eigenvalue weighted by molar-refractivity contribution is 8.18. The van der Waals surface area contributed by atoms with Crippen LogP contribution in [0.5, 0.6) is 0 Å². The molecule has 11 heteroatoms. The molecule has 0 saturated carbocycles. The molecule has 1 N–H and O–H groups in total. The molecule has 0 bridgehead atoms. The van der Waals surface area contributed by atoms with E-state index in [0.29, 0.717) is 16.2 Å². The van der Waals surface area contributed by atoms with E-state index in [2.05, 4.69) is 5.32 Å². The molecule has 0 spiro atoms. The van der Waals surface area contributed by atoms with Crippen LogP contribution >= 0.6 is 23.5 Å². The summed E-state index contributed by atoms with van der Waals surface area (Å²) in [4.78, 5) is 66.4. The Kier molecular flexibility index (Phi) is 7.84. The molecule has 2 aromatic carbocycles. The maximum absolute atomic E-state index is 12.8. The van der Waals surface area contributed by atoms with Gasteiger partial charge >= 0.3 is 0 Å². The van der Waals surface area contributed by atoms with Gasteiger partial charge in [-0.1, -0.05) is 24.3 Å². The largest absolute Gasteiger partial charge is 0.378 e. The summed E-state index contributed by atoms with van der Waals surface area (Å²) in [6.07, 6.45) is 3.25. The lowest BCUT2D eigenvalue weighted by molar-refractivity contribution is -0.125. The predicted molar refractivity (Wildman–Crippen MR) is 147 cm³/mol.